The van der Waals surface area contributed by atoms with Gasteiger partial charge in [-0.1, -0.05) is 127 Å². The highest BCUT2D eigenvalue weighted by molar-refractivity contribution is 6.15. The number of ether oxygens (including phenoxy) is 4. The van der Waals surface area contributed by atoms with Crippen LogP contribution in [0, 0.1) is 0 Å². The molecule has 0 bridgehead atoms. The summed E-state index contributed by atoms with van der Waals surface area (Å²) in [5, 5.41) is 10.9. The summed E-state index contributed by atoms with van der Waals surface area (Å²) in [6, 6.07) is 37.3. The molecule has 4 aromatic carbocycles. The van der Waals surface area contributed by atoms with E-state index < -0.39 is 35.4 Å². The third-order valence-electron chi connectivity index (χ3n) is 7.80. The lowest BCUT2D eigenvalue weighted by atomic mass is 9.96. The molecule has 0 atom stereocenters. The minimum atomic E-state index is -1.55. The van der Waals surface area contributed by atoms with Crippen molar-refractivity contribution in [3.05, 3.63) is 179 Å². The molecule has 1 fully saturated rings. The van der Waals surface area contributed by atoms with E-state index in [1.807, 2.05) is 121 Å². The van der Waals surface area contributed by atoms with Gasteiger partial charge in [-0.15, -0.1) is 0 Å². The van der Waals surface area contributed by atoms with Crippen molar-refractivity contribution >= 4 is 17.9 Å². The number of allylic oxidation sites excluding steroid dienone is 2. The van der Waals surface area contributed by atoms with Crippen LogP contribution < -0.4 is 0 Å². The summed E-state index contributed by atoms with van der Waals surface area (Å²) >= 11 is 0. The highest BCUT2D eigenvalue weighted by atomic mass is 16.8. The second-order valence-corrected chi connectivity index (χ2v) is 11.4. The first-order valence-corrected chi connectivity index (χ1v) is 15.2. The molecule has 1 N–H and O–H groups in total. The Morgan fingerprint density at radius 3 is 1.19 bits per heavy atom. The van der Waals surface area contributed by atoms with Crippen LogP contribution >= 0.6 is 0 Å². The standard InChI is InChI=1S/C39H32O8/c40-34-32(35(41)45-38(44-34,24-28-14-5-1-6-15-28)25-29-16-7-2-8-17-29)22-13-23-33-36(42)46-39(47-37(33)43,26-30-18-9-3-10-19-30)27-31-20-11-4-12-21-31/h1-23,40H,24-27H2/b22-13+. The monoisotopic (exact) mass is 628 g/mol. The molecule has 0 unspecified atom stereocenters. The lowest BCUT2D eigenvalue weighted by Gasteiger charge is -2.37. The average Bonchev–Trinajstić information content (AvgIpc) is 3.05. The summed E-state index contributed by atoms with van der Waals surface area (Å²) in [6.07, 6.45) is 4.31. The molecule has 2 heterocycles. The molecule has 0 radical (unpaired) electrons. The Balaban J connectivity index is 1.22. The molecule has 0 aliphatic carbocycles. The molecule has 2 aliphatic rings. The van der Waals surface area contributed by atoms with Crippen LogP contribution in [0.1, 0.15) is 22.3 Å². The van der Waals surface area contributed by atoms with E-state index >= 15 is 0 Å². The molecule has 47 heavy (non-hydrogen) atoms. The molecule has 4 aromatic rings. The number of esters is 3. The Labute approximate surface area is 272 Å². The van der Waals surface area contributed by atoms with Crippen LogP contribution in [0.2, 0.25) is 0 Å². The maximum atomic E-state index is 13.3. The summed E-state index contributed by atoms with van der Waals surface area (Å²) < 4.78 is 23.4. The fourth-order valence-electron chi connectivity index (χ4n) is 5.67. The van der Waals surface area contributed by atoms with Crippen molar-refractivity contribution in [2.75, 3.05) is 0 Å². The van der Waals surface area contributed by atoms with E-state index in [0.717, 1.165) is 22.3 Å². The maximum Gasteiger partial charge on any atom is 0.348 e. The fourth-order valence-corrected chi connectivity index (χ4v) is 5.67. The molecule has 0 saturated carbocycles. The number of aliphatic hydroxyl groups excluding tert-OH is 1. The quantitative estimate of drug-likeness (QED) is 0.124. The Hall–Kier alpha value is -5.89. The van der Waals surface area contributed by atoms with Crippen LogP contribution in [0.15, 0.2) is 157 Å². The minimum absolute atomic E-state index is 0.154. The van der Waals surface area contributed by atoms with Gasteiger partial charge in [0.25, 0.3) is 17.5 Å². The molecule has 8 heteroatoms. The van der Waals surface area contributed by atoms with E-state index in [2.05, 4.69) is 0 Å². The Morgan fingerprint density at radius 1 is 0.489 bits per heavy atom. The van der Waals surface area contributed by atoms with Crippen molar-refractivity contribution < 1.29 is 38.4 Å². The number of cyclic esters (lactones) is 3. The minimum Gasteiger partial charge on any atom is -0.480 e. The summed E-state index contributed by atoms with van der Waals surface area (Å²) in [6.45, 7) is 0. The second-order valence-electron chi connectivity index (χ2n) is 11.4. The van der Waals surface area contributed by atoms with Crippen molar-refractivity contribution in [3.63, 3.8) is 0 Å². The van der Waals surface area contributed by atoms with E-state index in [4.69, 9.17) is 18.9 Å². The van der Waals surface area contributed by atoms with Crippen molar-refractivity contribution in [1.29, 1.82) is 0 Å². The number of aliphatic hydroxyl groups is 1. The summed E-state index contributed by atoms with van der Waals surface area (Å²) in [7, 11) is 0. The Morgan fingerprint density at radius 2 is 0.830 bits per heavy atom. The van der Waals surface area contributed by atoms with Crippen molar-refractivity contribution in [2.24, 2.45) is 0 Å². The van der Waals surface area contributed by atoms with Crippen LogP contribution in [-0.4, -0.2) is 34.6 Å². The summed E-state index contributed by atoms with van der Waals surface area (Å²) in [5.41, 5.74) is 2.69. The van der Waals surface area contributed by atoms with Gasteiger partial charge in [-0.3, -0.25) is 0 Å². The lowest BCUT2D eigenvalue weighted by molar-refractivity contribution is -0.237. The number of hydrogen-bond acceptors (Lipinski definition) is 8. The highest BCUT2D eigenvalue weighted by Gasteiger charge is 2.47. The van der Waals surface area contributed by atoms with E-state index in [9.17, 15) is 19.5 Å². The first-order chi connectivity index (χ1) is 22.8. The van der Waals surface area contributed by atoms with Crippen molar-refractivity contribution in [2.45, 2.75) is 37.3 Å². The largest absolute Gasteiger partial charge is 0.480 e. The van der Waals surface area contributed by atoms with E-state index in [1.165, 1.54) is 18.2 Å². The maximum absolute atomic E-state index is 13.3. The molecule has 6 rings (SSSR count). The molecule has 0 amide bonds. The zero-order valence-electron chi connectivity index (χ0n) is 25.4. The second kappa shape index (κ2) is 13.6. The van der Waals surface area contributed by atoms with Crippen LogP contribution in [0.25, 0.3) is 0 Å². The molecular formula is C39H32O8. The number of benzene rings is 4. The third-order valence-corrected chi connectivity index (χ3v) is 7.80. The normalized spacial score (nSPS) is 17.0. The average molecular weight is 629 g/mol. The highest BCUT2D eigenvalue weighted by Crippen LogP contribution is 2.34. The van der Waals surface area contributed by atoms with Gasteiger partial charge in [0.2, 0.25) is 0 Å². The van der Waals surface area contributed by atoms with Crippen LogP contribution in [0.3, 0.4) is 0 Å². The smallest absolute Gasteiger partial charge is 0.348 e. The molecule has 8 nitrogen and oxygen atoms in total. The van der Waals surface area contributed by atoms with Gasteiger partial charge in [-0.2, -0.15) is 0 Å². The van der Waals surface area contributed by atoms with Crippen LogP contribution in [0.4, 0.5) is 0 Å². The van der Waals surface area contributed by atoms with Gasteiger partial charge in [0.05, 0.1) is 25.7 Å². The first kappa shape index (κ1) is 31.1. The number of rotatable bonds is 10. The lowest BCUT2D eigenvalue weighted by Crippen LogP contribution is -2.49. The van der Waals surface area contributed by atoms with Crippen molar-refractivity contribution in [1.82, 2.24) is 0 Å². The summed E-state index contributed by atoms with van der Waals surface area (Å²) in [4.78, 5) is 39.8. The fraction of sp³-hybridized carbons (Fsp3) is 0.154. The van der Waals surface area contributed by atoms with Gasteiger partial charge >= 0.3 is 17.9 Å². The summed E-state index contributed by atoms with van der Waals surface area (Å²) in [5.74, 6) is -6.26. The van der Waals surface area contributed by atoms with Gasteiger partial charge in [0.1, 0.15) is 11.1 Å². The molecule has 2 aliphatic heterocycles. The van der Waals surface area contributed by atoms with Gasteiger partial charge in [-0.25, -0.2) is 14.4 Å². The van der Waals surface area contributed by atoms with Gasteiger partial charge < -0.3 is 24.1 Å². The molecular weight excluding hydrogens is 596 g/mol. The number of carbonyl (C=O) groups is 3. The third kappa shape index (κ3) is 7.50. The van der Waals surface area contributed by atoms with Gasteiger partial charge in [0, 0.05) is 0 Å². The first-order valence-electron chi connectivity index (χ1n) is 15.2. The number of carbonyl (C=O) groups excluding carboxylic acids is 3. The van der Waals surface area contributed by atoms with E-state index in [1.54, 1.807) is 0 Å². The SMILES string of the molecule is O=C1OC(Cc2ccccc2)(Cc2ccccc2)OC(=O)C1=C/C=C/C1=C(O)OC(Cc2ccccc2)(Cc2ccccc2)OC1=O. The predicted molar refractivity (Wildman–Crippen MR) is 172 cm³/mol. The molecule has 1 saturated heterocycles. The van der Waals surface area contributed by atoms with Gasteiger partial charge in [-0.05, 0) is 34.4 Å². The molecule has 0 spiro atoms. The molecule has 236 valence electrons. The zero-order chi connectivity index (χ0) is 32.7. The predicted octanol–water partition coefficient (Wildman–Crippen LogP) is 6.28. The van der Waals surface area contributed by atoms with Gasteiger partial charge in [0.15, 0.2) is 0 Å². The Kier molecular flexibility index (Phi) is 9.02. The van der Waals surface area contributed by atoms with E-state index in [-0.39, 0.29) is 36.8 Å². The molecule has 0 aromatic heterocycles. The number of hydrogen-bond donors (Lipinski definition) is 1. The zero-order valence-corrected chi connectivity index (χ0v) is 25.4. The van der Waals surface area contributed by atoms with Crippen LogP contribution in [0.5, 0.6) is 0 Å². The van der Waals surface area contributed by atoms with Crippen molar-refractivity contribution in [3.8, 4) is 0 Å². The topological polar surface area (TPSA) is 108 Å². The Bertz CT molecular complexity index is 1720. The van der Waals surface area contributed by atoms with Crippen LogP contribution in [-0.2, 0) is 59.0 Å². The van der Waals surface area contributed by atoms with E-state index in [0.29, 0.717) is 0 Å².